The van der Waals surface area contributed by atoms with Crippen molar-refractivity contribution in [2.75, 3.05) is 19.8 Å². The molecule has 1 aliphatic rings. The highest BCUT2D eigenvalue weighted by Crippen LogP contribution is 2.27. The number of carbonyl (C=O) groups is 1. The van der Waals surface area contributed by atoms with Gasteiger partial charge in [0.1, 0.15) is 4.90 Å². The summed E-state index contributed by atoms with van der Waals surface area (Å²) in [6.45, 7) is 1.17. The fourth-order valence-electron chi connectivity index (χ4n) is 1.88. The van der Waals surface area contributed by atoms with E-state index in [1.807, 2.05) is 0 Å². The summed E-state index contributed by atoms with van der Waals surface area (Å²) in [6.07, 6.45) is 0.759. The van der Waals surface area contributed by atoms with E-state index in [2.05, 4.69) is 15.9 Å². The average Bonchev–Trinajstić information content (AvgIpc) is 2.90. The lowest BCUT2D eigenvalue weighted by molar-refractivity contribution is 0.0422. The molecule has 0 amide bonds. The summed E-state index contributed by atoms with van der Waals surface area (Å²) >= 11 is 3.01. The zero-order valence-corrected chi connectivity index (χ0v) is 13.8. The van der Waals surface area contributed by atoms with Crippen LogP contribution in [0, 0.1) is 11.7 Å². The fraction of sp³-hybridized carbons (Fsp3) is 0.417. The van der Waals surface area contributed by atoms with Crippen molar-refractivity contribution in [1.82, 2.24) is 0 Å². The summed E-state index contributed by atoms with van der Waals surface area (Å²) < 4.78 is 47.0. The molecule has 0 aliphatic carbocycles. The number of carbonyl (C=O) groups excluding carboxylic acids is 1. The first-order chi connectivity index (χ1) is 9.79. The first-order valence-electron chi connectivity index (χ1n) is 5.97. The standard InChI is InChI=1S/C12H11BrClFO5S/c13-8-3-9(11(15)10(4-8)21(14,17)18)12(16)20-6-7-1-2-19-5-7/h3-4,7H,1-2,5-6H2. The molecule has 1 heterocycles. The third-order valence-electron chi connectivity index (χ3n) is 2.96. The van der Waals surface area contributed by atoms with Crippen LogP contribution in [0.4, 0.5) is 4.39 Å². The van der Waals surface area contributed by atoms with Crippen LogP contribution < -0.4 is 0 Å². The molecule has 1 unspecified atom stereocenters. The molecule has 21 heavy (non-hydrogen) atoms. The number of halogens is 3. The molecule has 5 nitrogen and oxygen atoms in total. The molecule has 1 aromatic rings. The van der Waals surface area contributed by atoms with Crippen LogP contribution in [0.1, 0.15) is 16.8 Å². The van der Waals surface area contributed by atoms with Crippen molar-refractivity contribution in [3.05, 3.63) is 28.0 Å². The highest BCUT2D eigenvalue weighted by atomic mass is 79.9. The van der Waals surface area contributed by atoms with Gasteiger partial charge in [-0.3, -0.25) is 0 Å². The molecule has 1 aliphatic heterocycles. The zero-order chi connectivity index (χ0) is 15.6. The molecule has 1 fully saturated rings. The quantitative estimate of drug-likeness (QED) is 0.573. The molecule has 0 radical (unpaired) electrons. The highest BCUT2D eigenvalue weighted by Gasteiger charge is 2.25. The summed E-state index contributed by atoms with van der Waals surface area (Å²) in [5.41, 5.74) is -0.484. The van der Waals surface area contributed by atoms with E-state index in [1.54, 1.807) is 0 Å². The second-order valence-electron chi connectivity index (χ2n) is 4.53. The lowest BCUT2D eigenvalue weighted by Gasteiger charge is -2.11. The molecule has 0 bridgehead atoms. The van der Waals surface area contributed by atoms with Crippen molar-refractivity contribution in [3.8, 4) is 0 Å². The molecule has 0 saturated carbocycles. The molecule has 9 heteroatoms. The maximum Gasteiger partial charge on any atom is 0.341 e. The molecule has 2 rings (SSSR count). The smallest absolute Gasteiger partial charge is 0.341 e. The lowest BCUT2D eigenvalue weighted by atomic mass is 10.1. The highest BCUT2D eigenvalue weighted by molar-refractivity contribution is 9.10. The van der Waals surface area contributed by atoms with Gasteiger partial charge in [-0.15, -0.1) is 0 Å². The largest absolute Gasteiger partial charge is 0.462 e. The van der Waals surface area contributed by atoms with E-state index < -0.39 is 31.3 Å². The van der Waals surface area contributed by atoms with Crippen molar-refractivity contribution in [2.24, 2.45) is 5.92 Å². The minimum absolute atomic E-state index is 0.0698. The van der Waals surface area contributed by atoms with E-state index in [-0.39, 0.29) is 17.0 Å². The number of benzene rings is 1. The third-order valence-corrected chi connectivity index (χ3v) is 4.74. The second-order valence-corrected chi connectivity index (χ2v) is 7.98. The Hall–Kier alpha value is -0.700. The molecule has 0 aromatic heterocycles. The van der Waals surface area contributed by atoms with Crippen molar-refractivity contribution in [1.29, 1.82) is 0 Å². The van der Waals surface area contributed by atoms with E-state index in [0.717, 1.165) is 18.6 Å². The Morgan fingerprint density at radius 1 is 1.52 bits per heavy atom. The van der Waals surface area contributed by atoms with E-state index in [9.17, 15) is 17.6 Å². The van der Waals surface area contributed by atoms with Crippen molar-refractivity contribution < 1.29 is 27.1 Å². The summed E-state index contributed by atoms with van der Waals surface area (Å²) in [7, 11) is 0.833. The van der Waals surface area contributed by atoms with Gasteiger partial charge in [-0.25, -0.2) is 17.6 Å². The maximum atomic E-state index is 14.1. The van der Waals surface area contributed by atoms with E-state index in [4.69, 9.17) is 20.2 Å². The van der Waals surface area contributed by atoms with Gasteiger partial charge >= 0.3 is 5.97 Å². The SMILES string of the molecule is O=C(OCC1CCOC1)c1cc(Br)cc(S(=O)(=O)Cl)c1F. The van der Waals surface area contributed by atoms with Crippen LogP contribution in [0.5, 0.6) is 0 Å². The Kier molecular flexibility index (Phi) is 5.24. The minimum Gasteiger partial charge on any atom is -0.462 e. The number of esters is 1. The number of hydrogen-bond acceptors (Lipinski definition) is 5. The van der Waals surface area contributed by atoms with E-state index >= 15 is 0 Å². The van der Waals surface area contributed by atoms with E-state index in [1.165, 1.54) is 0 Å². The minimum atomic E-state index is -4.30. The molecule has 116 valence electrons. The number of rotatable bonds is 4. The number of ether oxygens (including phenoxy) is 2. The molecule has 1 atom stereocenters. The van der Waals surface area contributed by atoms with Crippen molar-refractivity contribution in [2.45, 2.75) is 11.3 Å². The second kappa shape index (κ2) is 6.60. The Labute approximate surface area is 133 Å². The Morgan fingerprint density at radius 3 is 2.81 bits per heavy atom. The van der Waals surface area contributed by atoms with Gasteiger partial charge in [0.05, 0.1) is 18.8 Å². The maximum absolute atomic E-state index is 14.1. The van der Waals surface area contributed by atoms with Crippen LogP contribution in [-0.2, 0) is 18.5 Å². The van der Waals surface area contributed by atoms with Gasteiger partial charge in [0.25, 0.3) is 9.05 Å². The normalized spacial score (nSPS) is 18.7. The lowest BCUT2D eigenvalue weighted by Crippen LogP contribution is -2.16. The predicted molar refractivity (Wildman–Crippen MR) is 76.3 cm³/mol. The first kappa shape index (κ1) is 16.7. The number of hydrogen-bond donors (Lipinski definition) is 0. The molecule has 0 spiro atoms. The monoisotopic (exact) mass is 400 g/mol. The summed E-state index contributed by atoms with van der Waals surface area (Å²) in [4.78, 5) is 11.1. The van der Waals surface area contributed by atoms with Crippen LogP contribution >= 0.6 is 26.6 Å². The van der Waals surface area contributed by atoms with Gasteiger partial charge < -0.3 is 9.47 Å². The molecular formula is C12H11BrClFO5S. The fourth-order valence-corrected chi connectivity index (χ4v) is 3.41. The Balaban J connectivity index is 2.22. The summed E-state index contributed by atoms with van der Waals surface area (Å²) in [5.74, 6) is -2.09. The van der Waals surface area contributed by atoms with Gasteiger partial charge in [0.15, 0.2) is 5.82 Å². The molecule has 1 saturated heterocycles. The van der Waals surface area contributed by atoms with Gasteiger partial charge in [-0.05, 0) is 18.6 Å². The van der Waals surface area contributed by atoms with Crippen LogP contribution in [-0.4, -0.2) is 34.2 Å². The molecular weight excluding hydrogens is 391 g/mol. The van der Waals surface area contributed by atoms with Crippen LogP contribution in [0.25, 0.3) is 0 Å². The van der Waals surface area contributed by atoms with Gasteiger partial charge in [0.2, 0.25) is 0 Å². The van der Waals surface area contributed by atoms with Crippen LogP contribution in [0.15, 0.2) is 21.5 Å². The van der Waals surface area contributed by atoms with Crippen LogP contribution in [0.2, 0.25) is 0 Å². The Bertz CT molecular complexity index is 658. The average molecular weight is 402 g/mol. The zero-order valence-electron chi connectivity index (χ0n) is 10.6. The van der Waals surface area contributed by atoms with Crippen molar-refractivity contribution >= 4 is 41.6 Å². The molecule has 0 N–H and O–H groups in total. The summed E-state index contributed by atoms with van der Waals surface area (Å²) in [5, 5.41) is 0. The van der Waals surface area contributed by atoms with Gasteiger partial charge in [0, 0.05) is 27.7 Å². The van der Waals surface area contributed by atoms with Crippen LogP contribution in [0.3, 0.4) is 0 Å². The summed E-state index contributed by atoms with van der Waals surface area (Å²) in [6, 6.07) is 2.13. The first-order valence-corrected chi connectivity index (χ1v) is 9.08. The van der Waals surface area contributed by atoms with Gasteiger partial charge in [-0.2, -0.15) is 0 Å². The topological polar surface area (TPSA) is 69.7 Å². The van der Waals surface area contributed by atoms with Gasteiger partial charge in [-0.1, -0.05) is 15.9 Å². The third kappa shape index (κ3) is 4.15. The molecule has 1 aromatic carbocycles. The van der Waals surface area contributed by atoms with Crippen molar-refractivity contribution in [3.63, 3.8) is 0 Å². The van der Waals surface area contributed by atoms with E-state index in [0.29, 0.717) is 13.2 Å². The predicted octanol–water partition coefficient (Wildman–Crippen LogP) is 2.71. The Morgan fingerprint density at radius 2 is 2.24 bits per heavy atom.